The number of hydrogen-bond acceptors (Lipinski definition) is 4. The molecule has 0 heterocycles. The van der Waals surface area contributed by atoms with E-state index < -0.39 is 23.8 Å². The van der Waals surface area contributed by atoms with E-state index in [0.29, 0.717) is 29.7 Å². The number of methoxy groups -OCH3 is 1. The highest BCUT2D eigenvalue weighted by Gasteiger charge is 2.34. The van der Waals surface area contributed by atoms with Crippen LogP contribution in [0.3, 0.4) is 0 Å². The molecule has 1 aliphatic rings. The van der Waals surface area contributed by atoms with Crippen molar-refractivity contribution in [2.45, 2.75) is 19.8 Å². The normalized spacial score (nSPS) is 19.9. The standard InChI is InChI=1S/C17H19NO5/c1-10-9-11(17(22)23-2)7-8-14(10)18-15(19)12-5-3-4-6-13(12)16(20)21/h3-4,7-9,12-13H,5-6H2,1-2H3,(H,18,19)(H,20,21)/t12-,13+/m0/s1. The fourth-order valence-electron chi connectivity index (χ4n) is 2.65. The monoisotopic (exact) mass is 317 g/mol. The van der Waals surface area contributed by atoms with E-state index in [2.05, 4.69) is 10.1 Å². The van der Waals surface area contributed by atoms with Crippen LogP contribution in [-0.4, -0.2) is 30.1 Å². The van der Waals surface area contributed by atoms with Crippen LogP contribution in [0, 0.1) is 18.8 Å². The number of anilines is 1. The van der Waals surface area contributed by atoms with Crippen LogP contribution in [0.4, 0.5) is 5.69 Å². The summed E-state index contributed by atoms with van der Waals surface area (Å²) in [5, 5.41) is 12.0. The number of carboxylic acids is 1. The smallest absolute Gasteiger partial charge is 0.337 e. The highest BCUT2D eigenvalue weighted by molar-refractivity contribution is 5.97. The number of carboxylic acid groups (broad SMARTS) is 1. The Hall–Kier alpha value is -2.63. The van der Waals surface area contributed by atoms with Gasteiger partial charge in [0.25, 0.3) is 0 Å². The second-order valence-electron chi connectivity index (χ2n) is 5.50. The van der Waals surface area contributed by atoms with Gasteiger partial charge in [0, 0.05) is 5.69 Å². The summed E-state index contributed by atoms with van der Waals surface area (Å²) in [6.45, 7) is 1.76. The van der Waals surface area contributed by atoms with Gasteiger partial charge in [-0.05, 0) is 43.5 Å². The third kappa shape index (κ3) is 3.77. The minimum Gasteiger partial charge on any atom is -0.481 e. The Balaban J connectivity index is 2.15. The Labute approximate surface area is 134 Å². The molecule has 1 aromatic carbocycles. The number of ether oxygens (including phenoxy) is 1. The van der Waals surface area contributed by atoms with E-state index in [4.69, 9.17) is 0 Å². The summed E-state index contributed by atoms with van der Waals surface area (Å²) in [4.78, 5) is 35.2. The Morgan fingerprint density at radius 2 is 1.83 bits per heavy atom. The summed E-state index contributed by atoms with van der Waals surface area (Å²) < 4.78 is 4.65. The van der Waals surface area contributed by atoms with Gasteiger partial charge in [-0.3, -0.25) is 9.59 Å². The third-order valence-electron chi connectivity index (χ3n) is 3.99. The fourth-order valence-corrected chi connectivity index (χ4v) is 2.65. The number of aryl methyl sites for hydroxylation is 1. The zero-order valence-electron chi connectivity index (χ0n) is 13.0. The molecule has 0 bridgehead atoms. The average molecular weight is 317 g/mol. The van der Waals surface area contributed by atoms with Crippen molar-refractivity contribution >= 4 is 23.5 Å². The first-order valence-electron chi connectivity index (χ1n) is 7.31. The Bertz CT molecular complexity index is 665. The molecular formula is C17H19NO5. The molecule has 0 unspecified atom stereocenters. The number of hydrogen-bond donors (Lipinski definition) is 2. The fraction of sp³-hybridized carbons (Fsp3) is 0.353. The quantitative estimate of drug-likeness (QED) is 0.657. The SMILES string of the molecule is COC(=O)c1ccc(NC(=O)[C@H]2CC=CC[C@H]2C(=O)O)c(C)c1. The van der Waals surface area contributed by atoms with Crippen molar-refractivity contribution in [2.24, 2.45) is 11.8 Å². The highest BCUT2D eigenvalue weighted by Crippen LogP contribution is 2.28. The van der Waals surface area contributed by atoms with E-state index in [1.54, 1.807) is 31.2 Å². The highest BCUT2D eigenvalue weighted by atomic mass is 16.5. The molecule has 2 rings (SSSR count). The summed E-state index contributed by atoms with van der Waals surface area (Å²) in [6.07, 6.45) is 4.38. The van der Waals surface area contributed by atoms with E-state index in [9.17, 15) is 19.5 Å². The minimum absolute atomic E-state index is 0.323. The van der Waals surface area contributed by atoms with E-state index in [1.165, 1.54) is 7.11 Å². The predicted molar refractivity (Wildman–Crippen MR) is 84.1 cm³/mol. The predicted octanol–water partition coefficient (Wildman–Crippen LogP) is 2.39. The maximum absolute atomic E-state index is 12.4. The van der Waals surface area contributed by atoms with Gasteiger partial charge in [0.1, 0.15) is 0 Å². The summed E-state index contributed by atoms with van der Waals surface area (Å²) >= 11 is 0. The second-order valence-corrected chi connectivity index (χ2v) is 5.50. The van der Waals surface area contributed by atoms with Crippen molar-refractivity contribution in [3.8, 4) is 0 Å². The molecule has 2 atom stereocenters. The van der Waals surface area contributed by atoms with Gasteiger partial charge < -0.3 is 15.2 Å². The number of allylic oxidation sites excluding steroid dienone is 2. The summed E-state index contributed by atoms with van der Waals surface area (Å²) in [7, 11) is 1.30. The molecule has 6 heteroatoms. The van der Waals surface area contributed by atoms with Gasteiger partial charge in [-0.15, -0.1) is 0 Å². The molecule has 23 heavy (non-hydrogen) atoms. The number of benzene rings is 1. The number of carbonyl (C=O) groups excluding carboxylic acids is 2. The van der Waals surface area contributed by atoms with Gasteiger partial charge in [0.2, 0.25) is 5.91 Å². The molecule has 6 nitrogen and oxygen atoms in total. The Kier molecular flexibility index (Phi) is 5.16. The van der Waals surface area contributed by atoms with Crippen molar-refractivity contribution in [1.82, 2.24) is 0 Å². The van der Waals surface area contributed by atoms with Crippen LogP contribution >= 0.6 is 0 Å². The van der Waals surface area contributed by atoms with Crippen LogP contribution < -0.4 is 5.32 Å². The van der Waals surface area contributed by atoms with Crippen molar-refractivity contribution in [2.75, 3.05) is 12.4 Å². The lowest BCUT2D eigenvalue weighted by Crippen LogP contribution is -2.34. The summed E-state index contributed by atoms with van der Waals surface area (Å²) in [5.41, 5.74) is 1.66. The zero-order chi connectivity index (χ0) is 17.0. The molecule has 0 aromatic heterocycles. The van der Waals surface area contributed by atoms with Crippen LogP contribution in [0.1, 0.15) is 28.8 Å². The molecule has 0 aliphatic heterocycles. The molecule has 0 radical (unpaired) electrons. The average Bonchev–Trinajstić information content (AvgIpc) is 2.55. The van der Waals surface area contributed by atoms with Crippen molar-refractivity contribution in [3.63, 3.8) is 0 Å². The molecule has 1 aliphatic carbocycles. The number of esters is 1. The van der Waals surface area contributed by atoms with Gasteiger partial charge in [-0.2, -0.15) is 0 Å². The van der Waals surface area contributed by atoms with Gasteiger partial charge >= 0.3 is 11.9 Å². The number of aliphatic carboxylic acids is 1. The number of carbonyl (C=O) groups is 3. The van der Waals surface area contributed by atoms with Crippen LogP contribution in [0.15, 0.2) is 30.4 Å². The molecule has 0 saturated carbocycles. The van der Waals surface area contributed by atoms with Crippen molar-refractivity contribution in [1.29, 1.82) is 0 Å². The van der Waals surface area contributed by atoms with Gasteiger partial charge in [-0.1, -0.05) is 12.2 Å². The van der Waals surface area contributed by atoms with Gasteiger partial charge in [0.15, 0.2) is 0 Å². The van der Waals surface area contributed by atoms with E-state index in [0.717, 1.165) is 0 Å². The number of nitrogens with one attached hydrogen (secondary N) is 1. The number of rotatable bonds is 4. The maximum Gasteiger partial charge on any atom is 0.337 e. The maximum atomic E-state index is 12.4. The lowest BCUT2D eigenvalue weighted by molar-refractivity contribution is -0.146. The first kappa shape index (κ1) is 16.7. The molecule has 0 fully saturated rings. The molecular weight excluding hydrogens is 298 g/mol. The van der Waals surface area contributed by atoms with E-state index >= 15 is 0 Å². The van der Waals surface area contributed by atoms with Crippen LogP contribution in [0.2, 0.25) is 0 Å². The Morgan fingerprint density at radius 3 is 2.39 bits per heavy atom. The molecule has 1 aromatic rings. The Morgan fingerprint density at radius 1 is 1.17 bits per heavy atom. The van der Waals surface area contributed by atoms with Crippen molar-refractivity contribution < 1.29 is 24.2 Å². The van der Waals surface area contributed by atoms with E-state index in [-0.39, 0.29) is 5.91 Å². The second kappa shape index (κ2) is 7.09. The number of amides is 1. The summed E-state index contributed by atoms with van der Waals surface area (Å²) in [6, 6.07) is 4.80. The topological polar surface area (TPSA) is 92.7 Å². The van der Waals surface area contributed by atoms with E-state index in [1.807, 2.05) is 6.08 Å². The third-order valence-corrected chi connectivity index (χ3v) is 3.99. The first-order chi connectivity index (χ1) is 10.9. The minimum atomic E-state index is -0.965. The lowest BCUT2D eigenvalue weighted by Gasteiger charge is -2.24. The molecule has 2 N–H and O–H groups in total. The summed E-state index contributed by atoms with van der Waals surface area (Å²) in [5.74, 6) is -3.05. The zero-order valence-corrected chi connectivity index (χ0v) is 13.0. The van der Waals surface area contributed by atoms with Crippen LogP contribution in [0.5, 0.6) is 0 Å². The molecule has 0 spiro atoms. The molecule has 1 amide bonds. The van der Waals surface area contributed by atoms with Gasteiger partial charge in [-0.25, -0.2) is 4.79 Å². The molecule has 122 valence electrons. The lowest BCUT2D eigenvalue weighted by atomic mass is 9.82. The van der Waals surface area contributed by atoms with Gasteiger partial charge in [0.05, 0.1) is 24.5 Å². The van der Waals surface area contributed by atoms with Crippen LogP contribution in [0.25, 0.3) is 0 Å². The van der Waals surface area contributed by atoms with Crippen molar-refractivity contribution in [3.05, 3.63) is 41.5 Å². The molecule has 0 saturated heterocycles. The first-order valence-corrected chi connectivity index (χ1v) is 7.31. The largest absolute Gasteiger partial charge is 0.481 e. The van der Waals surface area contributed by atoms with Crippen LogP contribution in [-0.2, 0) is 14.3 Å².